The fourth-order valence-corrected chi connectivity index (χ4v) is 2.00. The molecule has 0 aliphatic carbocycles. The molecule has 19 heavy (non-hydrogen) atoms. The highest BCUT2D eigenvalue weighted by Gasteiger charge is 2.34. The van der Waals surface area contributed by atoms with E-state index in [-0.39, 0.29) is 24.3 Å². The number of halogens is 3. The van der Waals surface area contributed by atoms with Crippen LogP contribution in [0.3, 0.4) is 0 Å². The van der Waals surface area contributed by atoms with Crippen LogP contribution in [0.15, 0.2) is 16.5 Å². The molecule has 2 heterocycles. The van der Waals surface area contributed by atoms with E-state index in [4.69, 9.17) is 0 Å². The van der Waals surface area contributed by atoms with Crippen LogP contribution in [0, 0.1) is 0 Å². The number of carbonyl (C=O) groups excluding carboxylic acids is 1. The summed E-state index contributed by atoms with van der Waals surface area (Å²) in [4.78, 5) is 11.7. The van der Waals surface area contributed by atoms with Gasteiger partial charge < -0.3 is 15.1 Å². The fraction of sp³-hybridized carbons (Fsp3) is 0.583. The Bertz CT molecular complexity index is 436. The third kappa shape index (κ3) is 3.73. The first-order chi connectivity index (χ1) is 8.97. The summed E-state index contributed by atoms with van der Waals surface area (Å²) in [6.07, 6.45) is -1.73. The third-order valence-corrected chi connectivity index (χ3v) is 3.00. The molecule has 1 saturated heterocycles. The number of alkyl halides is 3. The molecule has 106 valence electrons. The second-order valence-electron chi connectivity index (χ2n) is 4.48. The van der Waals surface area contributed by atoms with E-state index < -0.39 is 11.9 Å². The van der Waals surface area contributed by atoms with Crippen molar-refractivity contribution < 1.29 is 22.4 Å². The van der Waals surface area contributed by atoms with Crippen LogP contribution < -0.4 is 10.6 Å². The van der Waals surface area contributed by atoms with E-state index in [9.17, 15) is 18.0 Å². The SMILES string of the molecule is O=C(NCc1ccc(C(F)(F)F)o1)C1CCCCN1. The highest BCUT2D eigenvalue weighted by atomic mass is 19.4. The van der Waals surface area contributed by atoms with Crippen LogP contribution in [0.25, 0.3) is 0 Å². The maximum Gasteiger partial charge on any atom is 0.449 e. The predicted octanol–water partition coefficient (Wildman–Crippen LogP) is 2.06. The average Bonchev–Trinajstić information content (AvgIpc) is 2.86. The summed E-state index contributed by atoms with van der Waals surface area (Å²) in [6.45, 7) is 0.754. The number of hydrogen-bond acceptors (Lipinski definition) is 3. The summed E-state index contributed by atoms with van der Waals surface area (Å²) in [7, 11) is 0. The Morgan fingerprint density at radius 1 is 1.42 bits per heavy atom. The lowest BCUT2D eigenvalue weighted by atomic mass is 10.0. The van der Waals surface area contributed by atoms with Crippen LogP contribution in [-0.4, -0.2) is 18.5 Å². The summed E-state index contributed by atoms with van der Waals surface area (Å²) in [5.41, 5.74) is 0. The van der Waals surface area contributed by atoms with Crippen LogP contribution in [0.4, 0.5) is 13.2 Å². The number of amides is 1. The zero-order chi connectivity index (χ0) is 13.9. The number of carbonyl (C=O) groups is 1. The first-order valence-electron chi connectivity index (χ1n) is 6.14. The molecule has 0 aromatic carbocycles. The molecule has 0 spiro atoms. The molecule has 1 aliphatic heterocycles. The van der Waals surface area contributed by atoms with Crippen molar-refractivity contribution in [2.45, 2.75) is 38.0 Å². The van der Waals surface area contributed by atoms with E-state index in [0.717, 1.165) is 31.9 Å². The Kier molecular flexibility index (Phi) is 4.14. The average molecular weight is 276 g/mol. The van der Waals surface area contributed by atoms with Gasteiger partial charge in [0.2, 0.25) is 11.7 Å². The van der Waals surface area contributed by atoms with Crippen LogP contribution in [0.2, 0.25) is 0 Å². The van der Waals surface area contributed by atoms with Gasteiger partial charge in [-0.2, -0.15) is 13.2 Å². The Balaban J connectivity index is 1.85. The number of rotatable bonds is 3. The minimum atomic E-state index is -4.49. The molecule has 4 nitrogen and oxygen atoms in total. The molecular weight excluding hydrogens is 261 g/mol. The van der Waals surface area contributed by atoms with Crippen molar-refractivity contribution in [3.05, 3.63) is 23.7 Å². The summed E-state index contributed by atoms with van der Waals surface area (Å²) in [6, 6.07) is 1.82. The molecule has 2 rings (SSSR count). The van der Waals surface area contributed by atoms with Crippen molar-refractivity contribution in [1.82, 2.24) is 10.6 Å². The van der Waals surface area contributed by atoms with Crippen molar-refractivity contribution in [3.63, 3.8) is 0 Å². The molecule has 1 unspecified atom stereocenters. The van der Waals surface area contributed by atoms with Gasteiger partial charge in [0.25, 0.3) is 0 Å². The number of piperidine rings is 1. The normalized spacial score (nSPS) is 20.3. The number of furan rings is 1. The summed E-state index contributed by atoms with van der Waals surface area (Å²) < 4.78 is 41.5. The second kappa shape index (κ2) is 5.64. The van der Waals surface area contributed by atoms with Crippen molar-refractivity contribution in [3.8, 4) is 0 Å². The van der Waals surface area contributed by atoms with Gasteiger partial charge in [-0.1, -0.05) is 6.42 Å². The quantitative estimate of drug-likeness (QED) is 0.888. The Morgan fingerprint density at radius 2 is 2.21 bits per heavy atom. The molecule has 1 aromatic rings. The molecule has 0 bridgehead atoms. The molecule has 1 fully saturated rings. The van der Waals surface area contributed by atoms with Gasteiger partial charge in [-0.3, -0.25) is 4.79 Å². The van der Waals surface area contributed by atoms with Crippen LogP contribution >= 0.6 is 0 Å². The Morgan fingerprint density at radius 3 is 2.79 bits per heavy atom. The van der Waals surface area contributed by atoms with E-state index in [2.05, 4.69) is 15.1 Å². The number of nitrogens with one attached hydrogen (secondary N) is 2. The topological polar surface area (TPSA) is 54.3 Å². The summed E-state index contributed by atoms with van der Waals surface area (Å²) in [5, 5.41) is 5.63. The molecule has 1 amide bonds. The van der Waals surface area contributed by atoms with Gasteiger partial charge in [-0.05, 0) is 31.5 Å². The monoisotopic (exact) mass is 276 g/mol. The maximum absolute atomic E-state index is 12.3. The molecule has 1 atom stereocenters. The molecule has 0 radical (unpaired) electrons. The lowest BCUT2D eigenvalue weighted by molar-refractivity contribution is -0.153. The van der Waals surface area contributed by atoms with Gasteiger partial charge in [0, 0.05) is 0 Å². The third-order valence-electron chi connectivity index (χ3n) is 3.00. The summed E-state index contributed by atoms with van der Waals surface area (Å²) >= 11 is 0. The largest absolute Gasteiger partial charge is 0.455 e. The Labute approximate surface area is 108 Å². The van der Waals surface area contributed by atoms with Crippen molar-refractivity contribution >= 4 is 5.91 Å². The smallest absolute Gasteiger partial charge is 0.449 e. The second-order valence-corrected chi connectivity index (χ2v) is 4.48. The van der Waals surface area contributed by atoms with Crippen molar-refractivity contribution in [1.29, 1.82) is 0 Å². The van der Waals surface area contributed by atoms with Gasteiger partial charge in [0.1, 0.15) is 5.76 Å². The van der Waals surface area contributed by atoms with Crippen molar-refractivity contribution in [2.24, 2.45) is 0 Å². The van der Waals surface area contributed by atoms with E-state index in [1.54, 1.807) is 0 Å². The van der Waals surface area contributed by atoms with E-state index >= 15 is 0 Å². The molecular formula is C12H15F3N2O2. The molecule has 1 aliphatic rings. The lowest BCUT2D eigenvalue weighted by Gasteiger charge is -2.22. The van der Waals surface area contributed by atoms with Gasteiger partial charge >= 0.3 is 6.18 Å². The lowest BCUT2D eigenvalue weighted by Crippen LogP contribution is -2.46. The van der Waals surface area contributed by atoms with Crippen LogP contribution in [0.5, 0.6) is 0 Å². The first-order valence-corrected chi connectivity index (χ1v) is 6.14. The summed E-state index contributed by atoms with van der Waals surface area (Å²) in [5.74, 6) is -1.16. The fourth-order valence-electron chi connectivity index (χ4n) is 2.00. The van der Waals surface area contributed by atoms with E-state index in [0.29, 0.717) is 0 Å². The van der Waals surface area contributed by atoms with Gasteiger partial charge in [0.15, 0.2) is 0 Å². The van der Waals surface area contributed by atoms with Gasteiger partial charge in [-0.15, -0.1) is 0 Å². The molecule has 2 N–H and O–H groups in total. The van der Waals surface area contributed by atoms with E-state index in [1.807, 2.05) is 0 Å². The highest BCUT2D eigenvalue weighted by Crippen LogP contribution is 2.30. The number of hydrogen-bond donors (Lipinski definition) is 2. The molecule has 1 aromatic heterocycles. The zero-order valence-corrected chi connectivity index (χ0v) is 10.2. The minimum absolute atomic E-state index is 0.0346. The maximum atomic E-state index is 12.3. The highest BCUT2D eigenvalue weighted by molar-refractivity contribution is 5.81. The van der Waals surface area contributed by atoms with Crippen LogP contribution in [-0.2, 0) is 17.5 Å². The van der Waals surface area contributed by atoms with Crippen molar-refractivity contribution in [2.75, 3.05) is 6.54 Å². The minimum Gasteiger partial charge on any atom is -0.455 e. The molecule has 0 saturated carbocycles. The predicted molar refractivity (Wildman–Crippen MR) is 61.2 cm³/mol. The van der Waals surface area contributed by atoms with Gasteiger partial charge in [-0.25, -0.2) is 0 Å². The Hall–Kier alpha value is -1.50. The zero-order valence-electron chi connectivity index (χ0n) is 10.2. The van der Waals surface area contributed by atoms with E-state index in [1.165, 1.54) is 6.07 Å². The molecule has 7 heteroatoms. The van der Waals surface area contributed by atoms with Crippen LogP contribution in [0.1, 0.15) is 30.8 Å². The standard InChI is InChI=1S/C12H15F3N2O2/c13-12(14,15)10-5-4-8(19-10)7-17-11(18)9-3-1-2-6-16-9/h4-5,9,16H,1-3,6-7H2,(H,17,18). The van der Waals surface area contributed by atoms with Gasteiger partial charge in [0.05, 0.1) is 12.6 Å². The first kappa shape index (κ1) is 13.9.